The smallest absolute Gasteiger partial charge is 0.109 e. The molecule has 0 saturated carbocycles. The van der Waals surface area contributed by atoms with Crippen LogP contribution in [0.1, 0.15) is 5.56 Å². The largest absolute Gasteiger partial charge is 0.271 e. The summed E-state index contributed by atoms with van der Waals surface area (Å²) in [4.78, 5) is 10.4. The number of H-pyrrole nitrogens is 1. The van der Waals surface area contributed by atoms with Crippen LogP contribution in [0, 0.1) is 15.5 Å². The number of hydrogen-bond acceptors (Lipinski definition) is 3. The van der Waals surface area contributed by atoms with Gasteiger partial charge in [0.25, 0.3) is 0 Å². The molecule has 0 atom stereocenters. The van der Waals surface area contributed by atoms with Gasteiger partial charge in [0, 0.05) is 5.39 Å². The van der Waals surface area contributed by atoms with Crippen molar-refractivity contribution in [2.24, 2.45) is 5.18 Å². The van der Waals surface area contributed by atoms with Gasteiger partial charge in [0.2, 0.25) is 0 Å². The molecule has 0 aliphatic carbocycles. The molecule has 1 aromatic heterocycles. The lowest BCUT2D eigenvalue weighted by molar-refractivity contribution is 1.09. The molecule has 66 valence electrons. The van der Waals surface area contributed by atoms with E-state index in [1.54, 1.807) is 12.1 Å². The van der Waals surface area contributed by atoms with E-state index in [4.69, 9.17) is 0 Å². The van der Waals surface area contributed by atoms with Gasteiger partial charge in [0.05, 0.1) is 5.52 Å². The Morgan fingerprint density at radius 3 is 3.00 bits per heavy atom. The number of aryl methyl sites for hydroxylation is 1. The van der Waals surface area contributed by atoms with Gasteiger partial charge in [-0.1, -0.05) is 0 Å². The molecule has 0 bridgehead atoms. The fourth-order valence-electron chi connectivity index (χ4n) is 1.29. The van der Waals surface area contributed by atoms with E-state index in [1.165, 1.54) is 0 Å². The minimum Gasteiger partial charge on any atom is -0.271 e. The van der Waals surface area contributed by atoms with E-state index in [-0.39, 0.29) is 0 Å². The number of aromatic nitrogens is 2. The fraction of sp³-hybridized carbons (Fsp3) is 0.125. The van der Waals surface area contributed by atoms with Crippen LogP contribution >= 0.6 is 22.6 Å². The van der Waals surface area contributed by atoms with Gasteiger partial charge in [-0.25, -0.2) is 0 Å². The Balaban J connectivity index is 2.87. The first kappa shape index (κ1) is 8.61. The molecule has 0 aliphatic rings. The van der Waals surface area contributed by atoms with Crippen molar-refractivity contribution in [3.8, 4) is 0 Å². The number of nitrogens with one attached hydrogen (secondary N) is 1. The van der Waals surface area contributed by atoms with Crippen molar-refractivity contribution in [3.05, 3.63) is 26.3 Å². The molecule has 0 saturated heterocycles. The molecular weight excluding hydrogens is 281 g/mol. The van der Waals surface area contributed by atoms with Gasteiger partial charge in [-0.05, 0) is 52.4 Å². The third-order valence-electron chi connectivity index (χ3n) is 1.89. The number of fused-ring (bicyclic) bond motifs is 1. The Hall–Kier alpha value is -0.980. The van der Waals surface area contributed by atoms with Crippen molar-refractivity contribution in [1.82, 2.24) is 10.2 Å². The summed E-state index contributed by atoms with van der Waals surface area (Å²) >= 11 is 2.14. The first-order chi connectivity index (χ1) is 6.22. The maximum atomic E-state index is 10.4. The molecule has 0 aliphatic heterocycles. The molecule has 13 heavy (non-hydrogen) atoms. The normalized spacial score (nSPS) is 10.6. The van der Waals surface area contributed by atoms with Crippen LogP contribution in [0.2, 0.25) is 0 Å². The van der Waals surface area contributed by atoms with Crippen molar-refractivity contribution < 1.29 is 0 Å². The number of rotatable bonds is 1. The van der Waals surface area contributed by atoms with Crippen LogP contribution in [0.3, 0.4) is 0 Å². The first-order valence-corrected chi connectivity index (χ1v) is 4.78. The second kappa shape index (κ2) is 3.06. The van der Waals surface area contributed by atoms with Crippen LogP contribution in [0.15, 0.2) is 17.3 Å². The highest BCUT2D eigenvalue weighted by Gasteiger charge is 2.07. The number of nitrogens with zero attached hydrogens (tertiary/aromatic N) is 2. The highest BCUT2D eigenvalue weighted by atomic mass is 127. The predicted molar refractivity (Wildman–Crippen MR) is 59.0 cm³/mol. The predicted octanol–water partition coefficient (Wildman–Crippen LogP) is 2.87. The minimum atomic E-state index is 0.448. The Morgan fingerprint density at radius 1 is 1.54 bits per heavy atom. The zero-order valence-corrected chi connectivity index (χ0v) is 8.99. The summed E-state index contributed by atoms with van der Waals surface area (Å²) in [5, 5.41) is 10.8. The van der Waals surface area contributed by atoms with Crippen molar-refractivity contribution in [3.63, 3.8) is 0 Å². The monoisotopic (exact) mass is 287 g/mol. The zero-order valence-electron chi connectivity index (χ0n) is 6.84. The second-order valence-corrected chi connectivity index (χ2v) is 3.87. The van der Waals surface area contributed by atoms with E-state index in [1.807, 2.05) is 6.92 Å². The molecule has 4 nitrogen and oxygen atoms in total. The SMILES string of the molecule is Cc1cc(N=O)cc2c(I)[nH]nc12. The Labute approximate surface area is 87.8 Å². The zero-order chi connectivity index (χ0) is 9.42. The summed E-state index contributed by atoms with van der Waals surface area (Å²) in [6, 6.07) is 3.47. The van der Waals surface area contributed by atoms with E-state index < -0.39 is 0 Å². The highest BCUT2D eigenvalue weighted by molar-refractivity contribution is 14.1. The summed E-state index contributed by atoms with van der Waals surface area (Å²) in [7, 11) is 0. The van der Waals surface area contributed by atoms with Gasteiger partial charge >= 0.3 is 0 Å². The van der Waals surface area contributed by atoms with Gasteiger partial charge in [0.1, 0.15) is 9.39 Å². The Morgan fingerprint density at radius 2 is 2.31 bits per heavy atom. The van der Waals surface area contributed by atoms with Crippen molar-refractivity contribution in [1.29, 1.82) is 0 Å². The van der Waals surface area contributed by atoms with Crippen LogP contribution in [0.25, 0.3) is 10.9 Å². The molecular formula is C8H6IN3O. The molecule has 1 aromatic carbocycles. The number of nitroso groups, excluding NO2 is 1. The first-order valence-electron chi connectivity index (χ1n) is 3.70. The topological polar surface area (TPSA) is 58.1 Å². The van der Waals surface area contributed by atoms with E-state index in [9.17, 15) is 4.91 Å². The van der Waals surface area contributed by atoms with E-state index in [2.05, 4.69) is 38.0 Å². The van der Waals surface area contributed by atoms with Crippen molar-refractivity contribution >= 4 is 39.2 Å². The lowest BCUT2D eigenvalue weighted by Gasteiger charge is -1.94. The molecule has 2 aromatic rings. The highest BCUT2D eigenvalue weighted by Crippen LogP contribution is 2.26. The number of benzene rings is 1. The van der Waals surface area contributed by atoms with Crippen LogP contribution in [0.5, 0.6) is 0 Å². The second-order valence-electron chi connectivity index (χ2n) is 2.79. The maximum absolute atomic E-state index is 10.4. The lowest BCUT2D eigenvalue weighted by Crippen LogP contribution is -1.76. The Kier molecular flexibility index (Phi) is 2.03. The summed E-state index contributed by atoms with van der Waals surface area (Å²) in [5.74, 6) is 0. The van der Waals surface area contributed by atoms with E-state index in [0.717, 1.165) is 20.2 Å². The summed E-state index contributed by atoms with van der Waals surface area (Å²) in [6.07, 6.45) is 0. The lowest BCUT2D eigenvalue weighted by atomic mass is 10.1. The minimum absolute atomic E-state index is 0.448. The van der Waals surface area contributed by atoms with Gasteiger partial charge in [0.15, 0.2) is 0 Å². The quantitative estimate of drug-likeness (QED) is 0.647. The standard InChI is InChI=1S/C8H6IN3O/c1-4-2-5(12-13)3-6-7(4)10-11-8(6)9/h2-3H,1H3,(H,10,11). The average Bonchev–Trinajstić information content (AvgIpc) is 2.48. The summed E-state index contributed by atoms with van der Waals surface area (Å²) < 4.78 is 0.932. The molecule has 1 N–H and O–H groups in total. The third-order valence-corrected chi connectivity index (χ3v) is 2.72. The summed E-state index contributed by atoms with van der Waals surface area (Å²) in [5.41, 5.74) is 2.31. The number of hydrogen-bond donors (Lipinski definition) is 1. The molecule has 0 amide bonds. The summed E-state index contributed by atoms with van der Waals surface area (Å²) in [6.45, 7) is 1.91. The van der Waals surface area contributed by atoms with Gasteiger partial charge in [-0.15, -0.1) is 4.91 Å². The molecule has 0 unspecified atom stereocenters. The van der Waals surface area contributed by atoms with Crippen LogP contribution < -0.4 is 0 Å². The molecule has 2 rings (SSSR count). The molecule has 0 radical (unpaired) electrons. The molecule has 5 heteroatoms. The van der Waals surface area contributed by atoms with Crippen LogP contribution in [0.4, 0.5) is 5.69 Å². The van der Waals surface area contributed by atoms with Gasteiger partial charge in [-0.2, -0.15) is 5.10 Å². The van der Waals surface area contributed by atoms with Crippen LogP contribution in [-0.2, 0) is 0 Å². The van der Waals surface area contributed by atoms with Gasteiger partial charge in [-0.3, -0.25) is 5.10 Å². The maximum Gasteiger partial charge on any atom is 0.109 e. The van der Waals surface area contributed by atoms with E-state index >= 15 is 0 Å². The van der Waals surface area contributed by atoms with Crippen LogP contribution in [-0.4, -0.2) is 10.2 Å². The van der Waals surface area contributed by atoms with Crippen molar-refractivity contribution in [2.75, 3.05) is 0 Å². The Bertz CT molecular complexity index is 477. The molecule has 1 heterocycles. The van der Waals surface area contributed by atoms with Gasteiger partial charge < -0.3 is 0 Å². The van der Waals surface area contributed by atoms with E-state index in [0.29, 0.717) is 5.69 Å². The number of halogens is 1. The average molecular weight is 287 g/mol. The molecule has 0 spiro atoms. The van der Waals surface area contributed by atoms with Crippen molar-refractivity contribution in [2.45, 2.75) is 6.92 Å². The fourth-order valence-corrected chi connectivity index (χ4v) is 1.83. The molecule has 0 fully saturated rings. The third kappa shape index (κ3) is 1.32. The number of aromatic amines is 1.